The summed E-state index contributed by atoms with van der Waals surface area (Å²) >= 11 is 1.25. The lowest BCUT2D eigenvalue weighted by Gasteiger charge is -2.16. The van der Waals surface area contributed by atoms with Crippen LogP contribution in [0, 0.1) is 13.8 Å². The van der Waals surface area contributed by atoms with Crippen LogP contribution < -0.4 is 9.64 Å². The first-order valence-electron chi connectivity index (χ1n) is 12.4. The van der Waals surface area contributed by atoms with E-state index in [0.29, 0.717) is 21.3 Å². The summed E-state index contributed by atoms with van der Waals surface area (Å²) in [6, 6.07) is 29.9. The number of carboxylic acids is 1. The normalized spacial score (nSPS) is 15.2. The molecule has 0 aliphatic carbocycles. The van der Waals surface area contributed by atoms with Gasteiger partial charge in [-0.3, -0.25) is 9.69 Å². The zero-order valence-corrected chi connectivity index (χ0v) is 22.3. The molecule has 1 saturated heterocycles. The highest BCUT2D eigenvalue weighted by atomic mass is 32.2. The third-order valence-electron chi connectivity index (χ3n) is 6.13. The molecule has 1 aliphatic rings. The fraction of sp³-hybridized carbons (Fsp3) is 0.0938. The quantitative estimate of drug-likeness (QED) is 0.250. The number of amides is 1. The predicted molar refractivity (Wildman–Crippen MR) is 157 cm³/mol. The third-order valence-corrected chi connectivity index (χ3v) is 7.10. The van der Waals surface area contributed by atoms with Crippen molar-refractivity contribution in [3.63, 3.8) is 0 Å². The van der Waals surface area contributed by atoms with Crippen LogP contribution in [0.15, 0.2) is 107 Å². The smallest absolute Gasteiger partial charge is 0.339 e. The molecule has 0 aromatic heterocycles. The molecule has 1 fully saturated rings. The van der Waals surface area contributed by atoms with Gasteiger partial charge in [-0.15, -0.1) is 0 Å². The van der Waals surface area contributed by atoms with E-state index < -0.39 is 5.97 Å². The molecule has 1 N–H and O–H groups in total. The van der Waals surface area contributed by atoms with E-state index in [9.17, 15) is 14.7 Å². The largest absolute Gasteiger partial charge is 0.488 e. The van der Waals surface area contributed by atoms with Crippen molar-refractivity contribution < 1.29 is 19.4 Å². The molecule has 6 nitrogen and oxygen atoms in total. The lowest BCUT2D eigenvalue weighted by molar-refractivity contribution is -0.113. The van der Waals surface area contributed by atoms with E-state index in [-0.39, 0.29) is 23.8 Å². The second kappa shape index (κ2) is 11.4. The Morgan fingerprint density at radius 3 is 2.26 bits per heavy atom. The number of ether oxygens (including phenoxy) is 1. The van der Waals surface area contributed by atoms with Gasteiger partial charge in [0.2, 0.25) is 0 Å². The Morgan fingerprint density at radius 1 is 0.923 bits per heavy atom. The van der Waals surface area contributed by atoms with E-state index in [1.807, 2.05) is 92.7 Å². The number of carbonyl (C=O) groups excluding carboxylic acids is 1. The lowest BCUT2D eigenvalue weighted by Crippen LogP contribution is -2.28. The van der Waals surface area contributed by atoms with Crippen LogP contribution in [0.5, 0.6) is 5.75 Å². The van der Waals surface area contributed by atoms with E-state index in [4.69, 9.17) is 9.73 Å². The fourth-order valence-corrected chi connectivity index (χ4v) is 5.02. The number of hydrogen-bond acceptors (Lipinski definition) is 5. The van der Waals surface area contributed by atoms with E-state index in [1.54, 1.807) is 23.1 Å². The SMILES string of the molecule is Cc1ccc(N=C2S/C(=C\c3ccc(OCc4ccccc4)c(C(=O)O)c3)C(=O)N2c2ccc(C)cc2)cc1. The van der Waals surface area contributed by atoms with Crippen molar-refractivity contribution in [3.8, 4) is 5.75 Å². The number of anilines is 1. The Kier molecular flexibility index (Phi) is 7.61. The summed E-state index contributed by atoms with van der Waals surface area (Å²) in [7, 11) is 0. The molecule has 4 aromatic rings. The molecule has 1 aliphatic heterocycles. The summed E-state index contributed by atoms with van der Waals surface area (Å²) in [6.45, 7) is 4.25. The number of carboxylic acid groups (broad SMARTS) is 1. The molecular weight excluding hydrogens is 508 g/mol. The number of carbonyl (C=O) groups is 2. The molecule has 0 atom stereocenters. The maximum Gasteiger partial charge on any atom is 0.339 e. The van der Waals surface area contributed by atoms with Gasteiger partial charge in [-0.05, 0) is 79.2 Å². The van der Waals surface area contributed by atoms with Crippen molar-refractivity contribution in [2.45, 2.75) is 20.5 Å². The summed E-state index contributed by atoms with van der Waals surface area (Å²) in [5.41, 5.74) is 5.20. The third kappa shape index (κ3) is 6.10. The second-order valence-electron chi connectivity index (χ2n) is 9.15. The molecule has 0 saturated carbocycles. The summed E-state index contributed by atoms with van der Waals surface area (Å²) in [4.78, 5) is 32.4. The number of benzene rings is 4. The standard InChI is InChI=1S/C32H26N2O4S/c1-21-8-13-25(14-9-21)33-32-34(26-15-10-22(2)11-16-26)30(35)29(39-32)19-24-12-17-28(27(18-24)31(36)37)38-20-23-6-4-3-5-7-23/h3-19H,20H2,1-2H3,(H,36,37)/b29-19-,33-32?. The summed E-state index contributed by atoms with van der Waals surface area (Å²) < 4.78 is 5.81. The molecule has 194 valence electrons. The second-order valence-corrected chi connectivity index (χ2v) is 10.2. The number of hydrogen-bond donors (Lipinski definition) is 1. The molecular formula is C32H26N2O4S. The minimum Gasteiger partial charge on any atom is -0.488 e. The van der Waals surface area contributed by atoms with Gasteiger partial charge in [0, 0.05) is 0 Å². The monoisotopic (exact) mass is 534 g/mol. The molecule has 1 heterocycles. The van der Waals surface area contributed by atoms with Gasteiger partial charge in [0.15, 0.2) is 5.17 Å². The van der Waals surface area contributed by atoms with Gasteiger partial charge in [0.05, 0.1) is 16.3 Å². The van der Waals surface area contributed by atoms with Gasteiger partial charge in [0.1, 0.15) is 17.9 Å². The molecule has 7 heteroatoms. The van der Waals surface area contributed by atoms with E-state index in [2.05, 4.69) is 0 Å². The zero-order chi connectivity index (χ0) is 27.4. The summed E-state index contributed by atoms with van der Waals surface area (Å²) in [5.74, 6) is -1.07. The molecule has 0 radical (unpaired) electrons. The Morgan fingerprint density at radius 2 is 1.59 bits per heavy atom. The average Bonchev–Trinajstić information content (AvgIpc) is 3.24. The molecule has 0 unspecified atom stereocenters. The zero-order valence-electron chi connectivity index (χ0n) is 21.5. The van der Waals surface area contributed by atoms with Crippen LogP contribution in [0.3, 0.4) is 0 Å². The predicted octanol–water partition coefficient (Wildman–Crippen LogP) is 7.39. The highest BCUT2D eigenvalue weighted by Crippen LogP contribution is 2.38. The molecule has 4 aromatic carbocycles. The first-order chi connectivity index (χ1) is 18.9. The van der Waals surface area contributed by atoms with Crippen LogP contribution in [-0.4, -0.2) is 22.2 Å². The van der Waals surface area contributed by atoms with Gasteiger partial charge in [0.25, 0.3) is 5.91 Å². The van der Waals surface area contributed by atoms with Gasteiger partial charge in [-0.2, -0.15) is 0 Å². The van der Waals surface area contributed by atoms with Crippen molar-refractivity contribution in [3.05, 3.63) is 130 Å². The first-order valence-corrected chi connectivity index (χ1v) is 13.2. The molecule has 0 bridgehead atoms. The van der Waals surface area contributed by atoms with Gasteiger partial charge in [-0.25, -0.2) is 9.79 Å². The van der Waals surface area contributed by atoms with E-state index in [1.165, 1.54) is 17.8 Å². The molecule has 1 amide bonds. The number of aryl methyl sites for hydroxylation is 2. The van der Waals surface area contributed by atoms with Crippen LogP contribution in [-0.2, 0) is 11.4 Å². The van der Waals surface area contributed by atoms with E-state index in [0.717, 1.165) is 22.4 Å². The lowest BCUT2D eigenvalue weighted by atomic mass is 10.1. The highest BCUT2D eigenvalue weighted by Gasteiger charge is 2.34. The number of nitrogens with zero attached hydrogens (tertiary/aromatic N) is 2. The minimum atomic E-state index is -1.10. The number of aliphatic imine (C=N–C) groups is 1. The number of thioether (sulfide) groups is 1. The van der Waals surface area contributed by atoms with Gasteiger partial charge >= 0.3 is 5.97 Å². The van der Waals surface area contributed by atoms with Crippen LogP contribution in [0.2, 0.25) is 0 Å². The van der Waals surface area contributed by atoms with Gasteiger partial charge in [-0.1, -0.05) is 71.8 Å². The molecule has 0 spiro atoms. The Balaban J connectivity index is 1.47. The minimum absolute atomic E-state index is 0.0275. The van der Waals surface area contributed by atoms with Crippen molar-refractivity contribution in [1.82, 2.24) is 0 Å². The van der Waals surface area contributed by atoms with Crippen molar-refractivity contribution in [2.75, 3.05) is 4.90 Å². The highest BCUT2D eigenvalue weighted by molar-refractivity contribution is 8.19. The number of aromatic carboxylic acids is 1. The molecule has 5 rings (SSSR count). The van der Waals surface area contributed by atoms with Crippen LogP contribution in [0.1, 0.15) is 32.6 Å². The van der Waals surface area contributed by atoms with Crippen molar-refractivity contribution in [1.29, 1.82) is 0 Å². The first kappa shape index (κ1) is 26.0. The average molecular weight is 535 g/mol. The number of amidine groups is 1. The topological polar surface area (TPSA) is 79.2 Å². The molecule has 39 heavy (non-hydrogen) atoms. The fourth-order valence-electron chi connectivity index (χ4n) is 4.02. The van der Waals surface area contributed by atoms with Crippen molar-refractivity contribution in [2.24, 2.45) is 4.99 Å². The number of rotatable bonds is 7. The van der Waals surface area contributed by atoms with E-state index >= 15 is 0 Å². The summed E-state index contributed by atoms with van der Waals surface area (Å²) in [6.07, 6.45) is 1.69. The Hall–Kier alpha value is -4.62. The van der Waals surface area contributed by atoms with Crippen LogP contribution >= 0.6 is 11.8 Å². The Labute approximate surface area is 231 Å². The van der Waals surface area contributed by atoms with Crippen LogP contribution in [0.25, 0.3) is 6.08 Å². The summed E-state index contributed by atoms with van der Waals surface area (Å²) in [5, 5.41) is 10.4. The maximum absolute atomic E-state index is 13.6. The van der Waals surface area contributed by atoms with Gasteiger partial charge < -0.3 is 9.84 Å². The Bertz CT molecular complexity index is 1580. The maximum atomic E-state index is 13.6. The van der Waals surface area contributed by atoms with Crippen molar-refractivity contribution >= 4 is 46.3 Å². The van der Waals surface area contributed by atoms with Crippen LogP contribution in [0.4, 0.5) is 11.4 Å².